The number of imidazole rings is 1. The van der Waals surface area contributed by atoms with Gasteiger partial charge in [-0.2, -0.15) is 9.97 Å². The monoisotopic (exact) mass is 555 g/mol. The Morgan fingerprint density at radius 3 is 2.56 bits per heavy atom. The fourth-order valence-corrected chi connectivity index (χ4v) is 5.01. The van der Waals surface area contributed by atoms with Crippen molar-refractivity contribution in [2.45, 2.75) is 57.7 Å². The van der Waals surface area contributed by atoms with Gasteiger partial charge in [-0.05, 0) is 29.5 Å². The minimum Gasteiger partial charge on any atom is -0.358 e. The third-order valence-electron chi connectivity index (χ3n) is 7.20. The summed E-state index contributed by atoms with van der Waals surface area (Å²) in [7, 11) is 0. The summed E-state index contributed by atoms with van der Waals surface area (Å²) in [6, 6.07) is 11.3. The van der Waals surface area contributed by atoms with Crippen molar-refractivity contribution >= 4 is 23.4 Å². The van der Waals surface area contributed by atoms with Gasteiger partial charge in [0.25, 0.3) is 5.69 Å². The minimum atomic E-state index is -0.521. The molecule has 1 atom stereocenters. The highest BCUT2D eigenvalue weighted by Crippen LogP contribution is 2.28. The van der Waals surface area contributed by atoms with Crippen molar-refractivity contribution in [3.8, 4) is 5.82 Å². The third-order valence-corrected chi connectivity index (χ3v) is 7.20. The Balaban J connectivity index is 1.34. The predicted octanol–water partition coefficient (Wildman–Crippen LogP) is 4.64. The number of nitrogens with one attached hydrogen (secondary N) is 3. The topological polar surface area (TPSA) is 153 Å². The smallest absolute Gasteiger partial charge is 0.269 e. The summed E-state index contributed by atoms with van der Waals surface area (Å²) < 4.78 is 1.78. The summed E-state index contributed by atoms with van der Waals surface area (Å²) in [4.78, 5) is 41.7. The number of amides is 1. The number of nitrogens with zero attached hydrogens (tertiary/aromatic N) is 6. The molecule has 1 saturated carbocycles. The number of carbonyl (C=O) groups excluding carboxylic acids is 1. The van der Waals surface area contributed by atoms with E-state index in [4.69, 9.17) is 0 Å². The Kier molecular flexibility index (Phi) is 9.09. The average Bonchev–Trinajstić information content (AvgIpc) is 3.55. The molecule has 1 amide bonds. The first kappa shape index (κ1) is 27.7. The van der Waals surface area contributed by atoms with Crippen molar-refractivity contribution in [1.29, 1.82) is 0 Å². The SMILES string of the molecule is O=C(NCc1ccc([N+](=O)[O-])cc1)[C@@H](CC1CCCCC1)Nc1cc(-n2ccnc2)nc(NCc2cccnc2)n1. The summed E-state index contributed by atoms with van der Waals surface area (Å²) in [6.45, 7) is 0.754. The molecule has 0 spiro atoms. The van der Waals surface area contributed by atoms with E-state index in [-0.39, 0.29) is 18.1 Å². The van der Waals surface area contributed by atoms with Gasteiger partial charge >= 0.3 is 0 Å². The fraction of sp³-hybridized carbons (Fsp3) is 0.345. The van der Waals surface area contributed by atoms with Gasteiger partial charge in [0.15, 0.2) is 0 Å². The Hall–Kier alpha value is -4.87. The van der Waals surface area contributed by atoms with E-state index in [1.54, 1.807) is 53.9 Å². The molecule has 1 aromatic carbocycles. The standard InChI is InChI=1S/C29H33N9O3/c39-28(32-18-22-8-10-24(11-9-22)38(40)41)25(15-21-5-2-1-3-6-21)34-26-16-27(37-14-13-31-20-37)36-29(35-26)33-19-23-7-4-12-30-17-23/h4,7-14,16-17,20-21,25H,1-3,5-6,15,18-19H2,(H,32,39)(H2,33,34,35,36)/t25-/m1/s1. The van der Waals surface area contributed by atoms with Gasteiger partial charge in [-0.15, -0.1) is 0 Å². The lowest BCUT2D eigenvalue weighted by Gasteiger charge is -2.27. The molecule has 3 N–H and O–H groups in total. The summed E-state index contributed by atoms with van der Waals surface area (Å²) in [5, 5.41) is 20.6. The Morgan fingerprint density at radius 1 is 1.02 bits per heavy atom. The highest BCUT2D eigenvalue weighted by Gasteiger charge is 2.25. The zero-order valence-corrected chi connectivity index (χ0v) is 22.6. The summed E-state index contributed by atoms with van der Waals surface area (Å²) in [6.07, 6.45) is 15.1. The molecule has 3 heterocycles. The lowest BCUT2D eigenvalue weighted by Crippen LogP contribution is -2.41. The number of pyridine rings is 1. The van der Waals surface area contributed by atoms with Gasteiger partial charge in [0, 0.05) is 56.1 Å². The molecule has 0 saturated heterocycles. The van der Waals surface area contributed by atoms with Gasteiger partial charge in [0.2, 0.25) is 11.9 Å². The number of hydrogen-bond donors (Lipinski definition) is 3. The Labute approximate surface area is 237 Å². The zero-order valence-electron chi connectivity index (χ0n) is 22.6. The number of benzene rings is 1. The maximum absolute atomic E-state index is 13.5. The number of nitro benzene ring substituents is 1. The van der Waals surface area contributed by atoms with Gasteiger partial charge in [-0.25, -0.2) is 4.98 Å². The van der Waals surface area contributed by atoms with Crippen LogP contribution in [0.4, 0.5) is 17.5 Å². The molecule has 212 valence electrons. The fourth-order valence-electron chi connectivity index (χ4n) is 5.01. The van der Waals surface area contributed by atoms with E-state index in [0.717, 1.165) is 24.0 Å². The number of aromatic nitrogens is 5. The molecule has 0 radical (unpaired) electrons. The molecule has 5 rings (SSSR count). The van der Waals surface area contributed by atoms with Gasteiger partial charge in [-0.1, -0.05) is 50.3 Å². The van der Waals surface area contributed by atoms with Crippen LogP contribution in [-0.2, 0) is 17.9 Å². The van der Waals surface area contributed by atoms with Crippen LogP contribution in [0.5, 0.6) is 0 Å². The van der Waals surface area contributed by atoms with Crippen molar-refractivity contribution in [1.82, 2.24) is 29.8 Å². The second kappa shape index (κ2) is 13.5. The van der Waals surface area contributed by atoms with E-state index in [2.05, 4.69) is 35.9 Å². The molecule has 4 aromatic rings. The molecule has 1 aliphatic rings. The first-order valence-corrected chi connectivity index (χ1v) is 13.8. The van der Waals surface area contributed by atoms with E-state index < -0.39 is 11.0 Å². The van der Waals surface area contributed by atoms with Crippen LogP contribution in [-0.4, -0.2) is 41.4 Å². The van der Waals surface area contributed by atoms with Crippen LogP contribution in [0.15, 0.2) is 73.6 Å². The first-order valence-electron chi connectivity index (χ1n) is 13.8. The lowest BCUT2D eigenvalue weighted by molar-refractivity contribution is -0.384. The summed E-state index contributed by atoms with van der Waals surface area (Å²) in [5.74, 6) is 1.82. The molecular weight excluding hydrogens is 522 g/mol. The van der Waals surface area contributed by atoms with Crippen molar-refractivity contribution in [2.75, 3.05) is 10.6 Å². The highest BCUT2D eigenvalue weighted by molar-refractivity contribution is 5.84. The lowest BCUT2D eigenvalue weighted by atomic mass is 9.84. The normalized spacial score (nSPS) is 14.2. The number of anilines is 2. The number of non-ortho nitro benzene ring substituents is 1. The molecule has 12 nitrogen and oxygen atoms in total. The van der Waals surface area contributed by atoms with Crippen LogP contribution in [0.3, 0.4) is 0 Å². The number of nitro groups is 1. The van der Waals surface area contributed by atoms with E-state index in [1.165, 1.54) is 31.4 Å². The van der Waals surface area contributed by atoms with Gasteiger partial charge in [-0.3, -0.25) is 24.5 Å². The van der Waals surface area contributed by atoms with E-state index in [9.17, 15) is 14.9 Å². The van der Waals surface area contributed by atoms with Gasteiger partial charge in [0.1, 0.15) is 24.0 Å². The van der Waals surface area contributed by atoms with Crippen molar-refractivity contribution in [3.63, 3.8) is 0 Å². The van der Waals surface area contributed by atoms with Crippen molar-refractivity contribution in [2.24, 2.45) is 5.92 Å². The number of hydrogen-bond acceptors (Lipinski definition) is 9. The minimum absolute atomic E-state index is 0.0160. The van der Waals surface area contributed by atoms with Crippen molar-refractivity contribution in [3.05, 3.63) is 94.8 Å². The maximum Gasteiger partial charge on any atom is 0.269 e. The predicted molar refractivity (Wildman–Crippen MR) is 154 cm³/mol. The third kappa shape index (κ3) is 7.84. The van der Waals surface area contributed by atoms with Crippen molar-refractivity contribution < 1.29 is 9.72 Å². The van der Waals surface area contributed by atoms with E-state index in [0.29, 0.717) is 36.5 Å². The quantitative estimate of drug-likeness (QED) is 0.167. The molecule has 12 heteroatoms. The molecule has 1 aliphatic carbocycles. The molecule has 0 unspecified atom stereocenters. The molecule has 0 aliphatic heterocycles. The molecule has 41 heavy (non-hydrogen) atoms. The molecule has 3 aromatic heterocycles. The highest BCUT2D eigenvalue weighted by atomic mass is 16.6. The number of carbonyl (C=O) groups is 1. The number of rotatable bonds is 12. The van der Waals surface area contributed by atoms with E-state index >= 15 is 0 Å². The van der Waals surface area contributed by atoms with Crippen LogP contribution >= 0.6 is 0 Å². The average molecular weight is 556 g/mol. The summed E-state index contributed by atoms with van der Waals surface area (Å²) in [5.41, 5.74) is 1.79. The van der Waals surface area contributed by atoms with Crippen LogP contribution in [0.1, 0.15) is 49.7 Å². The van der Waals surface area contributed by atoms with E-state index in [1.807, 2.05) is 12.1 Å². The molecule has 0 bridgehead atoms. The largest absolute Gasteiger partial charge is 0.358 e. The van der Waals surface area contributed by atoms with Crippen LogP contribution in [0.25, 0.3) is 5.82 Å². The first-order chi connectivity index (χ1) is 20.0. The Morgan fingerprint density at radius 2 is 1.85 bits per heavy atom. The summed E-state index contributed by atoms with van der Waals surface area (Å²) >= 11 is 0. The Bertz CT molecular complexity index is 1420. The second-order valence-electron chi connectivity index (χ2n) is 10.2. The second-order valence-corrected chi connectivity index (χ2v) is 10.2. The zero-order chi connectivity index (χ0) is 28.4. The molecule has 1 fully saturated rings. The van der Waals surface area contributed by atoms with Gasteiger partial charge in [0.05, 0.1) is 4.92 Å². The maximum atomic E-state index is 13.5. The van der Waals surface area contributed by atoms with Crippen LogP contribution < -0.4 is 16.0 Å². The molecular formula is C29H33N9O3. The van der Waals surface area contributed by atoms with Crippen LogP contribution in [0.2, 0.25) is 0 Å². The van der Waals surface area contributed by atoms with Gasteiger partial charge < -0.3 is 16.0 Å². The van der Waals surface area contributed by atoms with Crippen LogP contribution in [0, 0.1) is 16.0 Å².